The molecule has 154 valence electrons. The molecule has 2 amide bonds. The predicted octanol–water partition coefficient (Wildman–Crippen LogP) is 2.14. The maximum atomic E-state index is 13.0. The van der Waals surface area contributed by atoms with Crippen molar-refractivity contribution in [2.75, 3.05) is 32.8 Å². The van der Waals surface area contributed by atoms with E-state index in [0.29, 0.717) is 18.8 Å². The van der Waals surface area contributed by atoms with Gasteiger partial charge in [-0.15, -0.1) is 0 Å². The molecule has 0 saturated carbocycles. The van der Waals surface area contributed by atoms with Crippen LogP contribution in [0.25, 0.3) is 0 Å². The third-order valence-electron chi connectivity index (χ3n) is 6.77. The minimum Gasteiger partial charge on any atom is -0.375 e. The molecule has 3 saturated heterocycles. The minimum absolute atomic E-state index is 0.0170. The van der Waals surface area contributed by atoms with Gasteiger partial charge in [-0.05, 0) is 57.9 Å². The van der Waals surface area contributed by atoms with Gasteiger partial charge < -0.3 is 14.5 Å². The van der Waals surface area contributed by atoms with Gasteiger partial charge in [0.2, 0.25) is 5.91 Å². The summed E-state index contributed by atoms with van der Waals surface area (Å²) in [6.07, 6.45) is 6.99. The van der Waals surface area contributed by atoms with Gasteiger partial charge >= 0.3 is 0 Å². The van der Waals surface area contributed by atoms with Crippen LogP contribution in [0.4, 0.5) is 0 Å². The number of ether oxygens (including phenoxy) is 1. The molecule has 3 aliphatic rings. The van der Waals surface area contributed by atoms with Crippen LogP contribution in [-0.2, 0) is 16.6 Å². The third-order valence-corrected chi connectivity index (χ3v) is 6.77. The Hall–Kier alpha value is -1.89. The highest BCUT2D eigenvalue weighted by Gasteiger charge is 2.39. The summed E-state index contributed by atoms with van der Waals surface area (Å²) in [4.78, 5) is 29.6. The van der Waals surface area contributed by atoms with Gasteiger partial charge in [-0.1, -0.05) is 0 Å². The van der Waals surface area contributed by atoms with E-state index in [1.54, 1.807) is 11.7 Å². The minimum atomic E-state index is 0.0170. The lowest BCUT2D eigenvalue weighted by atomic mass is 9.84. The Bertz CT molecular complexity index is 720. The fourth-order valence-electron chi connectivity index (χ4n) is 5.00. The normalized spacial score (nSPS) is 23.2. The largest absolute Gasteiger partial charge is 0.375 e. The standard InChI is InChI=1S/C21H32N4O3/c1-16-15-18(23(2)22-16)20(27)24-10-5-17(6-11-24)19(26)25-12-8-21(9-13-25)7-3-4-14-28-21/h15,17H,3-14H2,1-2H3. The van der Waals surface area contributed by atoms with Crippen LogP contribution < -0.4 is 0 Å². The van der Waals surface area contributed by atoms with E-state index in [1.165, 1.54) is 12.8 Å². The average molecular weight is 389 g/mol. The summed E-state index contributed by atoms with van der Waals surface area (Å²) in [5, 5.41) is 4.27. The van der Waals surface area contributed by atoms with Crippen LogP contribution in [0.15, 0.2) is 6.07 Å². The zero-order chi connectivity index (χ0) is 19.7. The van der Waals surface area contributed by atoms with Crippen LogP contribution in [-0.4, -0.2) is 69.8 Å². The molecule has 28 heavy (non-hydrogen) atoms. The average Bonchev–Trinajstić information content (AvgIpc) is 3.06. The number of nitrogens with zero attached hydrogens (tertiary/aromatic N) is 4. The first-order valence-corrected chi connectivity index (χ1v) is 10.7. The summed E-state index contributed by atoms with van der Waals surface area (Å²) in [5.74, 6) is 0.330. The molecule has 0 atom stereocenters. The number of carbonyl (C=O) groups excluding carboxylic acids is 2. The Morgan fingerprint density at radius 1 is 1.07 bits per heavy atom. The van der Waals surface area contributed by atoms with Gasteiger partial charge in [0.15, 0.2) is 0 Å². The van der Waals surface area contributed by atoms with Crippen LogP contribution in [0.5, 0.6) is 0 Å². The highest BCUT2D eigenvalue weighted by atomic mass is 16.5. The summed E-state index contributed by atoms with van der Waals surface area (Å²) in [7, 11) is 1.80. The van der Waals surface area contributed by atoms with E-state index in [9.17, 15) is 9.59 Å². The summed E-state index contributed by atoms with van der Waals surface area (Å²) in [6, 6.07) is 1.83. The van der Waals surface area contributed by atoms with Gasteiger partial charge in [0, 0.05) is 45.8 Å². The molecule has 0 bridgehead atoms. The lowest BCUT2D eigenvalue weighted by molar-refractivity contribution is -0.147. The van der Waals surface area contributed by atoms with Crippen molar-refractivity contribution in [3.05, 3.63) is 17.5 Å². The van der Waals surface area contributed by atoms with E-state index in [0.717, 1.165) is 57.5 Å². The number of hydrogen-bond donors (Lipinski definition) is 0. The Morgan fingerprint density at radius 3 is 2.36 bits per heavy atom. The van der Waals surface area contributed by atoms with Crippen LogP contribution in [0.3, 0.4) is 0 Å². The molecule has 1 aromatic rings. The highest BCUT2D eigenvalue weighted by Crippen LogP contribution is 2.35. The predicted molar refractivity (Wildman–Crippen MR) is 105 cm³/mol. The van der Waals surface area contributed by atoms with Crippen molar-refractivity contribution < 1.29 is 14.3 Å². The Labute approximate surface area is 167 Å². The summed E-state index contributed by atoms with van der Waals surface area (Å²) >= 11 is 0. The fraction of sp³-hybridized carbons (Fsp3) is 0.762. The van der Waals surface area contributed by atoms with E-state index in [4.69, 9.17) is 4.74 Å². The lowest BCUT2D eigenvalue weighted by Gasteiger charge is -2.45. The number of rotatable bonds is 2. The number of hydrogen-bond acceptors (Lipinski definition) is 4. The molecule has 1 spiro atoms. The van der Waals surface area contributed by atoms with Gasteiger partial charge in [0.05, 0.1) is 11.3 Å². The Balaban J connectivity index is 1.28. The van der Waals surface area contributed by atoms with Crippen molar-refractivity contribution in [2.24, 2.45) is 13.0 Å². The Morgan fingerprint density at radius 2 is 1.79 bits per heavy atom. The van der Waals surface area contributed by atoms with Crippen molar-refractivity contribution in [2.45, 2.75) is 57.5 Å². The molecular formula is C21H32N4O3. The molecule has 0 aromatic carbocycles. The van der Waals surface area contributed by atoms with Gasteiger partial charge in [-0.3, -0.25) is 14.3 Å². The second kappa shape index (κ2) is 7.85. The van der Waals surface area contributed by atoms with Crippen molar-refractivity contribution in [1.29, 1.82) is 0 Å². The van der Waals surface area contributed by atoms with E-state index < -0.39 is 0 Å². The SMILES string of the molecule is Cc1cc(C(=O)N2CCC(C(=O)N3CCC4(CCCCO4)CC3)CC2)n(C)n1. The number of likely N-dealkylation sites (tertiary alicyclic amines) is 2. The smallest absolute Gasteiger partial charge is 0.272 e. The quantitative estimate of drug-likeness (QED) is 0.779. The summed E-state index contributed by atoms with van der Waals surface area (Å²) < 4.78 is 7.73. The van der Waals surface area contributed by atoms with Crippen molar-refractivity contribution in [3.8, 4) is 0 Å². The molecule has 4 rings (SSSR count). The molecule has 7 nitrogen and oxygen atoms in total. The lowest BCUT2D eigenvalue weighted by Crippen LogP contribution is -2.52. The molecule has 1 aromatic heterocycles. The molecule has 3 aliphatic heterocycles. The zero-order valence-electron chi connectivity index (χ0n) is 17.2. The number of carbonyl (C=O) groups is 2. The van der Waals surface area contributed by atoms with E-state index >= 15 is 0 Å². The summed E-state index contributed by atoms with van der Waals surface area (Å²) in [6.45, 7) is 5.67. The van der Waals surface area contributed by atoms with Crippen LogP contribution in [0.1, 0.15) is 61.1 Å². The number of aryl methyl sites for hydroxylation is 2. The topological polar surface area (TPSA) is 67.7 Å². The molecule has 0 unspecified atom stereocenters. The second-order valence-corrected chi connectivity index (χ2v) is 8.67. The van der Waals surface area contributed by atoms with Gasteiger partial charge in [-0.25, -0.2) is 0 Å². The van der Waals surface area contributed by atoms with E-state index in [-0.39, 0.29) is 23.3 Å². The molecular weight excluding hydrogens is 356 g/mol. The summed E-state index contributed by atoms with van der Waals surface area (Å²) in [5.41, 5.74) is 1.50. The Kier molecular flexibility index (Phi) is 5.45. The zero-order valence-corrected chi connectivity index (χ0v) is 17.2. The van der Waals surface area contributed by atoms with Crippen molar-refractivity contribution in [3.63, 3.8) is 0 Å². The number of amides is 2. The molecule has 7 heteroatoms. The van der Waals surface area contributed by atoms with Crippen molar-refractivity contribution in [1.82, 2.24) is 19.6 Å². The van der Waals surface area contributed by atoms with E-state index in [1.807, 2.05) is 22.8 Å². The van der Waals surface area contributed by atoms with Gasteiger partial charge in [0.25, 0.3) is 5.91 Å². The van der Waals surface area contributed by atoms with Crippen molar-refractivity contribution >= 4 is 11.8 Å². The highest BCUT2D eigenvalue weighted by molar-refractivity contribution is 5.93. The van der Waals surface area contributed by atoms with Gasteiger partial charge in [0.1, 0.15) is 5.69 Å². The fourth-order valence-corrected chi connectivity index (χ4v) is 5.00. The molecule has 0 aliphatic carbocycles. The number of piperidine rings is 2. The maximum absolute atomic E-state index is 13.0. The van der Waals surface area contributed by atoms with E-state index in [2.05, 4.69) is 5.10 Å². The molecule has 0 radical (unpaired) electrons. The molecule has 3 fully saturated rings. The van der Waals surface area contributed by atoms with Crippen LogP contribution in [0.2, 0.25) is 0 Å². The molecule has 0 N–H and O–H groups in total. The van der Waals surface area contributed by atoms with Gasteiger partial charge in [-0.2, -0.15) is 5.10 Å². The third kappa shape index (κ3) is 3.81. The van der Waals surface area contributed by atoms with Crippen LogP contribution >= 0.6 is 0 Å². The first-order chi connectivity index (χ1) is 13.5. The maximum Gasteiger partial charge on any atom is 0.272 e. The first-order valence-electron chi connectivity index (χ1n) is 10.7. The molecule has 4 heterocycles. The number of aromatic nitrogens is 2. The second-order valence-electron chi connectivity index (χ2n) is 8.67. The first kappa shape index (κ1) is 19.4. The van der Waals surface area contributed by atoms with Crippen LogP contribution in [0, 0.1) is 12.8 Å². The monoisotopic (exact) mass is 388 g/mol.